The monoisotopic (exact) mass is 275 g/mol. The molecule has 0 bridgehead atoms. The molecule has 1 saturated heterocycles. The van der Waals surface area contributed by atoms with Crippen molar-refractivity contribution in [2.45, 2.75) is 31.7 Å². The van der Waals surface area contributed by atoms with Crippen LogP contribution >= 0.6 is 11.8 Å². The van der Waals surface area contributed by atoms with Gasteiger partial charge in [-0.05, 0) is 19.1 Å². The lowest BCUT2D eigenvalue weighted by atomic mass is 9.86. The Bertz CT molecular complexity index is 302. The third-order valence-electron chi connectivity index (χ3n) is 3.19. The van der Waals surface area contributed by atoms with Crippen LogP contribution in [0.5, 0.6) is 0 Å². The highest BCUT2D eigenvalue weighted by atomic mass is 32.2. The third-order valence-corrected chi connectivity index (χ3v) is 4.03. The first-order chi connectivity index (χ1) is 8.49. The lowest BCUT2D eigenvalue weighted by Gasteiger charge is -2.37. The van der Waals surface area contributed by atoms with E-state index < -0.39 is 11.5 Å². The van der Waals surface area contributed by atoms with Crippen molar-refractivity contribution in [2.24, 2.45) is 5.92 Å². The van der Waals surface area contributed by atoms with Gasteiger partial charge in [0.15, 0.2) is 0 Å². The molecule has 6 heteroatoms. The molecule has 0 aromatic heterocycles. The largest absolute Gasteiger partial charge is 0.481 e. The third kappa shape index (κ3) is 4.49. The van der Waals surface area contributed by atoms with Gasteiger partial charge >= 0.3 is 5.97 Å². The minimum absolute atomic E-state index is 0.0336. The van der Waals surface area contributed by atoms with Crippen molar-refractivity contribution in [3.8, 4) is 0 Å². The standard InChI is InChI=1S/C12H21NO4S/c1-9(8-18-2)11(16)13-12(7-10(14)15)3-5-17-6-4-12/h9H,3-8H2,1-2H3,(H,13,16)(H,14,15). The zero-order chi connectivity index (χ0) is 13.6. The Balaban J connectivity index is 2.66. The van der Waals surface area contributed by atoms with Crippen molar-refractivity contribution in [1.82, 2.24) is 5.32 Å². The molecular weight excluding hydrogens is 254 g/mol. The van der Waals surface area contributed by atoms with E-state index in [-0.39, 0.29) is 18.2 Å². The number of aliphatic carboxylic acids is 1. The molecular formula is C12H21NO4S. The van der Waals surface area contributed by atoms with Crippen LogP contribution < -0.4 is 5.32 Å². The van der Waals surface area contributed by atoms with E-state index in [1.54, 1.807) is 11.8 Å². The Labute approximate surface area is 112 Å². The molecule has 104 valence electrons. The van der Waals surface area contributed by atoms with Crippen LogP contribution in [-0.2, 0) is 14.3 Å². The lowest BCUT2D eigenvalue weighted by molar-refractivity contribution is -0.140. The van der Waals surface area contributed by atoms with E-state index in [0.29, 0.717) is 26.1 Å². The molecule has 0 aliphatic carbocycles. The number of carbonyl (C=O) groups is 2. The summed E-state index contributed by atoms with van der Waals surface area (Å²) >= 11 is 1.61. The SMILES string of the molecule is CSCC(C)C(=O)NC1(CC(=O)O)CCOCC1. The van der Waals surface area contributed by atoms with E-state index >= 15 is 0 Å². The summed E-state index contributed by atoms with van der Waals surface area (Å²) in [6.45, 7) is 2.87. The van der Waals surface area contributed by atoms with E-state index in [0.717, 1.165) is 5.75 Å². The average molecular weight is 275 g/mol. The molecule has 1 atom stereocenters. The Morgan fingerprint density at radius 1 is 1.44 bits per heavy atom. The summed E-state index contributed by atoms with van der Waals surface area (Å²) in [6.07, 6.45) is 3.05. The highest BCUT2D eigenvalue weighted by Gasteiger charge is 2.37. The Kier molecular flexibility index (Phi) is 5.95. The van der Waals surface area contributed by atoms with E-state index in [1.165, 1.54) is 0 Å². The number of hydrogen-bond acceptors (Lipinski definition) is 4. The molecule has 18 heavy (non-hydrogen) atoms. The van der Waals surface area contributed by atoms with Gasteiger partial charge in [-0.1, -0.05) is 6.92 Å². The number of ether oxygens (including phenoxy) is 1. The molecule has 0 spiro atoms. The number of rotatable bonds is 6. The van der Waals surface area contributed by atoms with Crippen LogP contribution in [0.2, 0.25) is 0 Å². The van der Waals surface area contributed by atoms with Gasteiger partial charge in [-0.15, -0.1) is 0 Å². The first-order valence-corrected chi connectivity index (χ1v) is 7.49. The molecule has 0 aromatic rings. The van der Waals surface area contributed by atoms with Gasteiger partial charge in [0.25, 0.3) is 0 Å². The Morgan fingerprint density at radius 3 is 2.56 bits per heavy atom. The predicted molar refractivity (Wildman–Crippen MR) is 70.7 cm³/mol. The van der Waals surface area contributed by atoms with E-state index in [9.17, 15) is 9.59 Å². The molecule has 1 rings (SSSR count). The fourth-order valence-corrected chi connectivity index (χ4v) is 2.76. The summed E-state index contributed by atoms with van der Waals surface area (Å²) in [4.78, 5) is 23.0. The summed E-state index contributed by atoms with van der Waals surface area (Å²) in [7, 11) is 0. The first kappa shape index (κ1) is 15.3. The summed E-state index contributed by atoms with van der Waals surface area (Å²) in [6, 6.07) is 0. The van der Waals surface area contributed by atoms with Gasteiger partial charge in [0, 0.05) is 24.9 Å². The van der Waals surface area contributed by atoms with Crippen LogP contribution in [0.3, 0.4) is 0 Å². The Hall–Kier alpha value is -0.750. The number of hydrogen-bond donors (Lipinski definition) is 2. The second kappa shape index (κ2) is 6.99. The van der Waals surface area contributed by atoms with Crippen molar-refractivity contribution < 1.29 is 19.4 Å². The lowest BCUT2D eigenvalue weighted by Crippen LogP contribution is -2.54. The van der Waals surface area contributed by atoms with Gasteiger partial charge in [0.05, 0.1) is 12.0 Å². The smallest absolute Gasteiger partial charge is 0.305 e. The van der Waals surface area contributed by atoms with Gasteiger partial charge in [-0.3, -0.25) is 9.59 Å². The molecule has 1 amide bonds. The maximum absolute atomic E-state index is 12.0. The van der Waals surface area contributed by atoms with Crippen LogP contribution in [-0.4, -0.2) is 47.7 Å². The number of carbonyl (C=O) groups excluding carboxylic acids is 1. The van der Waals surface area contributed by atoms with Gasteiger partial charge in [-0.25, -0.2) is 0 Å². The first-order valence-electron chi connectivity index (χ1n) is 6.09. The van der Waals surface area contributed by atoms with Crippen molar-refractivity contribution in [3.05, 3.63) is 0 Å². The quantitative estimate of drug-likeness (QED) is 0.760. The summed E-state index contributed by atoms with van der Waals surface area (Å²) in [5.41, 5.74) is -0.631. The molecule has 0 saturated carbocycles. The Morgan fingerprint density at radius 2 is 2.06 bits per heavy atom. The molecule has 5 nitrogen and oxygen atoms in total. The highest BCUT2D eigenvalue weighted by Crippen LogP contribution is 2.25. The fourth-order valence-electron chi connectivity index (χ4n) is 2.11. The van der Waals surface area contributed by atoms with Gasteiger partial charge in [-0.2, -0.15) is 11.8 Å². The molecule has 1 aliphatic rings. The summed E-state index contributed by atoms with van der Waals surface area (Å²) in [5, 5.41) is 11.9. The summed E-state index contributed by atoms with van der Waals surface area (Å²) in [5.74, 6) is -0.304. The number of carboxylic acid groups (broad SMARTS) is 1. The molecule has 1 unspecified atom stereocenters. The number of thioether (sulfide) groups is 1. The van der Waals surface area contributed by atoms with E-state index in [4.69, 9.17) is 9.84 Å². The van der Waals surface area contributed by atoms with Gasteiger partial charge < -0.3 is 15.2 Å². The van der Waals surface area contributed by atoms with Crippen LogP contribution in [0.4, 0.5) is 0 Å². The van der Waals surface area contributed by atoms with Crippen LogP contribution in [0.1, 0.15) is 26.2 Å². The predicted octanol–water partition coefficient (Wildman–Crippen LogP) is 1.13. The van der Waals surface area contributed by atoms with Gasteiger partial charge in [0.2, 0.25) is 5.91 Å². The molecule has 0 aromatic carbocycles. The molecule has 0 radical (unpaired) electrons. The minimum Gasteiger partial charge on any atom is -0.481 e. The van der Waals surface area contributed by atoms with Crippen molar-refractivity contribution in [3.63, 3.8) is 0 Å². The van der Waals surface area contributed by atoms with Crippen LogP contribution in [0.15, 0.2) is 0 Å². The van der Waals surface area contributed by atoms with E-state index in [2.05, 4.69) is 5.32 Å². The van der Waals surface area contributed by atoms with E-state index in [1.807, 2.05) is 13.2 Å². The minimum atomic E-state index is -0.880. The zero-order valence-electron chi connectivity index (χ0n) is 10.9. The topological polar surface area (TPSA) is 75.6 Å². The summed E-state index contributed by atoms with van der Waals surface area (Å²) < 4.78 is 5.25. The number of amides is 1. The van der Waals surface area contributed by atoms with Gasteiger partial charge in [0.1, 0.15) is 0 Å². The molecule has 1 aliphatic heterocycles. The molecule has 1 fully saturated rings. The second-order valence-electron chi connectivity index (χ2n) is 4.81. The number of nitrogens with one attached hydrogen (secondary N) is 1. The highest BCUT2D eigenvalue weighted by molar-refractivity contribution is 7.98. The van der Waals surface area contributed by atoms with Crippen molar-refractivity contribution in [2.75, 3.05) is 25.2 Å². The maximum Gasteiger partial charge on any atom is 0.305 e. The maximum atomic E-state index is 12.0. The number of carboxylic acids is 1. The zero-order valence-corrected chi connectivity index (χ0v) is 11.7. The van der Waals surface area contributed by atoms with Crippen LogP contribution in [0, 0.1) is 5.92 Å². The van der Waals surface area contributed by atoms with Crippen molar-refractivity contribution in [1.29, 1.82) is 0 Å². The molecule has 1 heterocycles. The molecule has 2 N–H and O–H groups in total. The fraction of sp³-hybridized carbons (Fsp3) is 0.833. The van der Waals surface area contributed by atoms with Crippen LogP contribution in [0.25, 0.3) is 0 Å². The average Bonchev–Trinajstić information content (AvgIpc) is 2.29. The normalized spacial score (nSPS) is 20.1. The second-order valence-corrected chi connectivity index (χ2v) is 5.72. The van der Waals surface area contributed by atoms with Crippen molar-refractivity contribution >= 4 is 23.6 Å².